The minimum absolute atomic E-state index is 0. The van der Waals surface area contributed by atoms with Crippen LogP contribution >= 0.6 is 35.3 Å². The van der Waals surface area contributed by atoms with Crippen LogP contribution in [0.3, 0.4) is 0 Å². The summed E-state index contributed by atoms with van der Waals surface area (Å²) < 4.78 is 5.32. The number of halogens is 1. The minimum atomic E-state index is 0. The minimum Gasteiger partial charge on any atom is -0.469 e. The number of thiazole rings is 1. The Morgan fingerprint density at radius 1 is 1.28 bits per heavy atom. The van der Waals surface area contributed by atoms with Crippen molar-refractivity contribution in [3.05, 3.63) is 35.2 Å². The van der Waals surface area contributed by atoms with Crippen LogP contribution in [0.1, 0.15) is 24.3 Å². The topological polar surface area (TPSA) is 65.7 Å². The predicted molar refractivity (Wildman–Crippen MR) is 114 cm³/mol. The molecule has 0 aromatic carbocycles. The lowest BCUT2D eigenvalue weighted by atomic mass is 10.3. The molecule has 0 spiro atoms. The molecule has 25 heavy (non-hydrogen) atoms. The van der Waals surface area contributed by atoms with Crippen LogP contribution < -0.4 is 15.5 Å². The summed E-state index contributed by atoms with van der Waals surface area (Å²) in [6, 6.07) is 3.89. The Labute approximate surface area is 170 Å². The summed E-state index contributed by atoms with van der Waals surface area (Å²) in [5, 5.41) is 9.97. The average Bonchev–Trinajstić information content (AvgIpc) is 3.34. The Morgan fingerprint density at radius 3 is 2.72 bits per heavy atom. The Balaban J connectivity index is 0.00000225. The number of aliphatic imine (C=N–C) groups is 1. The third kappa shape index (κ3) is 6.18. The number of aromatic nitrogens is 1. The van der Waals surface area contributed by atoms with E-state index in [0.29, 0.717) is 0 Å². The van der Waals surface area contributed by atoms with Crippen molar-refractivity contribution in [3.8, 4) is 0 Å². The summed E-state index contributed by atoms with van der Waals surface area (Å²) in [5.41, 5.74) is 1.15. The zero-order valence-electron chi connectivity index (χ0n) is 14.5. The third-order valence-corrected chi connectivity index (χ3v) is 5.01. The van der Waals surface area contributed by atoms with Gasteiger partial charge in [0.2, 0.25) is 0 Å². The van der Waals surface area contributed by atoms with Crippen molar-refractivity contribution in [1.82, 2.24) is 15.6 Å². The Kier molecular flexibility index (Phi) is 8.53. The van der Waals surface area contributed by atoms with Gasteiger partial charge in [-0.2, -0.15) is 0 Å². The molecule has 6 nitrogen and oxygen atoms in total. The van der Waals surface area contributed by atoms with Gasteiger partial charge in [0.1, 0.15) is 5.76 Å². The fourth-order valence-electron chi connectivity index (χ4n) is 2.75. The molecule has 8 heteroatoms. The number of furan rings is 1. The summed E-state index contributed by atoms with van der Waals surface area (Å²) >= 11 is 1.75. The molecule has 2 N–H and O–H groups in total. The van der Waals surface area contributed by atoms with Crippen molar-refractivity contribution >= 4 is 46.4 Å². The van der Waals surface area contributed by atoms with Crippen molar-refractivity contribution in [2.45, 2.75) is 25.7 Å². The number of rotatable bonds is 7. The Hall–Kier alpha value is -1.29. The number of guanidine groups is 1. The van der Waals surface area contributed by atoms with Crippen molar-refractivity contribution in [3.63, 3.8) is 0 Å². The van der Waals surface area contributed by atoms with E-state index in [1.807, 2.05) is 12.1 Å². The second kappa shape index (κ2) is 10.6. The second-order valence-electron chi connectivity index (χ2n) is 5.82. The lowest BCUT2D eigenvalue weighted by Gasteiger charge is -2.12. The first-order valence-corrected chi connectivity index (χ1v) is 9.39. The number of hydrogen-bond donors (Lipinski definition) is 2. The summed E-state index contributed by atoms with van der Waals surface area (Å²) in [5.74, 6) is 1.80. The third-order valence-electron chi connectivity index (χ3n) is 4.06. The van der Waals surface area contributed by atoms with Gasteiger partial charge in [0.15, 0.2) is 11.1 Å². The van der Waals surface area contributed by atoms with Gasteiger partial charge >= 0.3 is 0 Å². The molecule has 0 atom stereocenters. The lowest BCUT2D eigenvalue weighted by Crippen LogP contribution is -2.39. The average molecular weight is 475 g/mol. The van der Waals surface area contributed by atoms with Gasteiger partial charge in [-0.3, -0.25) is 4.99 Å². The molecule has 3 rings (SSSR count). The van der Waals surface area contributed by atoms with E-state index >= 15 is 0 Å². The Bertz CT molecular complexity index is 637. The number of nitrogens with one attached hydrogen (secondary N) is 2. The number of nitrogens with zero attached hydrogens (tertiary/aromatic N) is 3. The summed E-state index contributed by atoms with van der Waals surface area (Å²) in [7, 11) is 1.79. The van der Waals surface area contributed by atoms with Gasteiger partial charge in [-0.05, 0) is 25.0 Å². The highest BCUT2D eigenvalue weighted by molar-refractivity contribution is 14.0. The molecule has 1 saturated heterocycles. The van der Waals surface area contributed by atoms with E-state index in [0.717, 1.165) is 56.4 Å². The maximum atomic E-state index is 5.32. The van der Waals surface area contributed by atoms with Crippen LogP contribution in [0.15, 0.2) is 33.2 Å². The molecule has 2 aromatic rings. The van der Waals surface area contributed by atoms with E-state index in [-0.39, 0.29) is 24.0 Å². The monoisotopic (exact) mass is 475 g/mol. The number of anilines is 1. The van der Waals surface area contributed by atoms with Crippen molar-refractivity contribution in [2.24, 2.45) is 4.99 Å². The highest BCUT2D eigenvalue weighted by Gasteiger charge is 2.15. The molecule has 0 bridgehead atoms. The standard InChI is InChI=1S/C17H25N5OS.HI/c1-18-16(20-9-7-15-5-4-12-23-15)19-8-6-14-13-24-17(21-14)22-10-2-3-11-22;/h4-5,12-13H,2-3,6-11H2,1H3,(H2,18,19,20);1H. The molecular weight excluding hydrogens is 449 g/mol. The highest BCUT2D eigenvalue weighted by atomic mass is 127. The normalized spacial score (nSPS) is 14.4. The van der Waals surface area contributed by atoms with Gasteiger partial charge in [0.05, 0.1) is 12.0 Å². The van der Waals surface area contributed by atoms with Gasteiger partial charge < -0.3 is 20.0 Å². The fourth-order valence-corrected chi connectivity index (χ4v) is 3.67. The lowest BCUT2D eigenvalue weighted by molar-refractivity contribution is 0.507. The Morgan fingerprint density at radius 2 is 2.04 bits per heavy atom. The van der Waals surface area contributed by atoms with Crippen LogP contribution in [-0.4, -0.2) is 44.2 Å². The quantitative estimate of drug-likeness (QED) is 0.366. The molecule has 0 saturated carbocycles. The van der Waals surface area contributed by atoms with Crippen molar-refractivity contribution < 1.29 is 4.42 Å². The van der Waals surface area contributed by atoms with Crippen LogP contribution in [0.25, 0.3) is 0 Å². The maximum absolute atomic E-state index is 5.32. The molecule has 1 aliphatic rings. The maximum Gasteiger partial charge on any atom is 0.191 e. The van der Waals surface area contributed by atoms with Gasteiger partial charge in [-0.1, -0.05) is 0 Å². The summed E-state index contributed by atoms with van der Waals surface area (Å²) in [4.78, 5) is 11.4. The molecule has 0 aliphatic carbocycles. The zero-order valence-corrected chi connectivity index (χ0v) is 17.7. The molecule has 1 aliphatic heterocycles. The predicted octanol–water partition coefficient (Wildman–Crippen LogP) is 2.90. The molecule has 0 amide bonds. The molecule has 1 fully saturated rings. The molecule has 138 valence electrons. The van der Waals surface area contributed by atoms with E-state index in [2.05, 4.69) is 25.9 Å². The fraction of sp³-hybridized carbons (Fsp3) is 0.529. The van der Waals surface area contributed by atoms with Crippen molar-refractivity contribution in [2.75, 3.05) is 38.1 Å². The second-order valence-corrected chi connectivity index (χ2v) is 6.66. The first-order chi connectivity index (χ1) is 11.8. The van der Waals surface area contributed by atoms with Gasteiger partial charge in [0, 0.05) is 51.4 Å². The van der Waals surface area contributed by atoms with E-state index in [1.54, 1.807) is 24.6 Å². The first kappa shape index (κ1) is 20.0. The molecule has 0 radical (unpaired) electrons. The summed E-state index contributed by atoms with van der Waals surface area (Å²) in [6.07, 6.45) is 6.03. The first-order valence-electron chi connectivity index (χ1n) is 8.51. The van der Waals surface area contributed by atoms with Crippen LogP contribution in [-0.2, 0) is 12.8 Å². The summed E-state index contributed by atoms with van der Waals surface area (Å²) in [6.45, 7) is 3.92. The SMILES string of the molecule is CN=C(NCCc1csc(N2CCCC2)n1)NCCc1ccco1.I. The zero-order chi connectivity index (χ0) is 16.6. The van der Waals surface area contributed by atoms with Gasteiger partial charge in [0.25, 0.3) is 0 Å². The number of hydrogen-bond acceptors (Lipinski definition) is 5. The molecule has 3 heterocycles. The van der Waals surface area contributed by atoms with Crippen LogP contribution in [0, 0.1) is 0 Å². The molecule has 2 aromatic heterocycles. The molecular formula is C17H26IN5OS. The van der Waals surface area contributed by atoms with E-state index in [4.69, 9.17) is 9.40 Å². The van der Waals surface area contributed by atoms with Crippen molar-refractivity contribution in [1.29, 1.82) is 0 Å². The van der Waals surface area contributed by atoms with E-state index < -0.39 is 0 Å². The van der Waals surface area contributed by atoms with Crippen LogP contribution in [0.4, 0.5) is 5.13 Å². The van der Waals surface area contributed by atoms with Crippen LogP contribution in [0.5, 0.6) is 0 Å². The van der Waals surface area contributed by atoms with Gasteiger partial charge in [-0.25, -0.2) is 4.98 Å². The van der Waals surface area contributed by atoms with E-state index in [1.165, 1.54) is 18.0 Å². The molecule has 0 unspecified atom stereocenters. The smallest absolute Gasteiger partial charge is 0.191 e. The largest absolute Gasteiger partial charge is 0.469 e. The van der Waals surface area contributed by atoms with E-state index in [9.17, 15) is 0 Å². The highest BCUT2D eigenvalue weighted by Crippen LogP contribution is 2.24. The van der Waals surface area contributed by atoms with Gasteiger partial charge in [-0.15, -0.1) is 35.3 Å². The van der Waals surface area contributed by atoms with Crippen LogP contribution in [0.2, 0.25) is 0 Å².